The van der Waals surface area contributed by atoms with Crippen LogP contribution in [0.1, 0.15) is 12.8 Å². The van der Waals surface area contributed by atoms with E-state index < -0.39 is 0 Å². The van der Waals surface area contributed by atoms with Gasteiger partial charge in [0.05, 0.1) is 0 Å². The maximum absolute atomic E-state index is 3.52. The summed E-state index contributed by atoms with van der Waals surface area (Å²) in [5, 5.41) is 7.02. The quantitative estimate of drug-likeness (QED) is 0.766. The van der Waals surface area contributed by atoms with Crippen LogP contribution in [-0.4, -0.2) is 25.4 Å². The van der Waals surface area contributed by atoms with Gasteiger partial charge in [-0.15, -0.1) is 11.8 Å². The van der Waals surface area contributed by atoms with Crippen molar-refractivity contribution in [3.63, 3.8) is 0 Å². The number of hydrogen-bond donors (Lipinski definition) is 2. The molecule has 1 aromatic rings. The second kappa shape index (κ2) is 5.42. The molecule has 2 rings (SSSR count). The summed E-state index contributed by atoms with van der Waals surface area (Å²) in [4.78, 5) is 1.33. The summed E-state index contributed by atoms with van der Waals surface area (Å²) in [5.74, 6) is 0. The number of nitrogens with one attached hydrogen (secondary N) is 2. The van der Waals surface area contributed by atoms with Gasteiger partial charge in [0.25, 0.3) is 0 Å². The Hall–Kier alpha value is -0.670. The maximum Gasteiger partial charge on any atom is 0.0478 e. The molecule has 0 amide bonds. The Morgan fingerprint density at radius 1 is 1.47 bits per heavy atom. The van der Waals surface area contributed by atoms with Gasteiger partial charge in [0.2, 0.25) is 0 Å². The number of para-hydroxylation sites is 1. The molecule has 1 fully saturated rings. The fourth-order valence-corrected chi connectivity index (χ4v) is 2.53. The van der Waals surface area contributed by atoms with E-state index in [0.717, 1.165) is 6.54 Å². The zero-order chi connectivity index (χ0) is 10.5. The van der Waals surface area contributed by atoms with Crippen molar-refractivity contribution in [2.75, 3.05) is 24.7 Å². The molecule has 0 spiro atoms. The Kier molecular flexibility index (Phi) is 3.92. The lowest BCUT2D eigenvalue weighted by molar-refractivity contribution is 0.633. The van der Waals surface area contributed by atoms with E-state index in [4.69, 9.17) is 0 Å². The zero-order valence-electron chi connectivity index (χ0n) is 9.12. The smallest absolute Gasteiger partial charge is 0.0478 e. The SMILES string of the molecule is CSc1ccccc1NCC1CCCN1. The van der Waals surface area contributed by atoms with Gasteiger partial charge >= 0.3 is 0 Å². The van der Waals surface area contributed by atoms with Gasteiger partial charge < -0.3 is 10.6 Å². The molecule has 0 bridgehead atoms. The fraction of sp³-hybridized carbons (Fsp3) is 0.500. The fourth-order valence-electron chi connectivity index (χ4n) is 1.95. The third kappa shape index (κ3) is 2.89. The van der Waals surface area contributed by atoms with Gasteiger partial charge in [-0.25, -0.2) is 0 Å². The molecular formula is C12H18N2S. The zero-order valence-corrected chi connectivity index (χ0v) is 9.94. The van der Waals surface area contributed by atoms with Gasteiger partial charge in [0.15, 0.2) is 0 Å². The molecule has 0 radical (unpaired) electrons. The average Bonchev–Trinajstić information content (AvgIpc) is 2.79. The first-order valence-electron chi connectivity index (χ1n) is 5.50. The molecule has 0 aliphatic carbocycles. The molecule has 2 N–H and O–H groups in total. The van der Waals surface area contributed by atoms with Crippen LogP contribution in [0, 0.1) is 0 Å². The highest BCUT2D eigenvalue weighted by Gasteiger charge is 2.13. The summed E-state index contributed by atoms with van der Waals surface area (Å²) < 4.78 is 0. The highest BCUT2D eigenvalue weighted by molar-refractivity contribution is 7.98. The van der Waals surface area contributed by atoms with Crippen LogP contribution in [0.25, 0.3) is 0 Å². The molecule has 1 aromatic carbocycles. The molecule has 3 heteroatoms. The summed E-state index contributed by atoms with van der Waals surface area (Å²) in [5.41, 5.74) is 1.26. The van der Waals surface area contributed by atoms with Crippen molar-refractivity contribution in [3.8, 4) is 0 Å². The van der Waals surface area contributed by atoms with Crippen LogP contribution in [0.15, 0.2) is 29.2 Å². The molecule has 0 saturated carbocycles. The minimum Gasteiger partial charge on any atom is -0.383 e. The third-order valence-electron chi connectivity index (χ3n) is 2.81. The van der Waals surface area contributed by atoms with Crippen LogP contribution < -0.4 is 10.6 Å². The third-order valence-corrected chi connectivity index (χ3v) is 3.60. The molecule has 82 valence electrons. The highest BCUT2D eigenvalue weighted by Crippen LogP contribution is 2.24. The van der Waals surface area contributed by atoms with Crippen LogP contribution in [0.5, 0.6) is 0 Å². The van der Waals surface area contributed by atoms with Crippen molar-refractivity contribution in [3.05, 3.63) is 24.3 Å². The van der Waals surface area contributed by atoms with E-state index in [-0.39, 0.29) is 0 Å². The summed E-state index contributed by atoms with van der Waals surface area (Å²) in [6.45, 7) is 2.22. The van der Waals surface area contributed by atoms with E-state index in [2.05, 4.69) is 41.2 Å². The number of benzene rings is 1. The van der Waals surface area contributed by atoms with Crippen molar-refractivity contribution in [2.24, 2.45) is 0 Å². The van der Waals surface area contributed by atoms with E-state index >= 15 is 0 Å². The summed E-state index contributed by atoms with van der Waals surface area (Å²) >= 11 is 1.80. The second-order valence-corrected chi connectivity index (χ2v) is 4.72. The number of hydrogen-bond acceptors (Lipinski definition) is 3. The number of rotatable bonds is 4. The van der Waals surface area contributed by atoms with Gasteiger partial charge in [-0.3, -0.25) is 0 Å². The molecule has 15 heavy (non-hydrogen) atoms. The van der Waals surface area contributed by atoms with Crippen LogP contribution in [0.2, 0.25) is 0 Å². The van der Waals surface area contributed by atoms with Crippen LogP contribution in [0.3, 0.4) is 0 Å². The Morgan fingerprint density at radius 2 is 2.33 bits per heavy atom. The molecular weight excluding hydrogens is 204 g/mol. The lowest BCUT2D eigenvalue weighted by atomic mass is 10.2. The van der Waals surface area contributed by atoms with E-state index in [0.29, 0.717) is 6.04 Å². The molecule has 2 nitrogen and oxygen atoms in total. The van der Waals surface area contributed by atoms with Gasteiger partial charge in [-0.05, 0) is 37.8 Å². The van der Waals surface area contributed by atoms with Crippen molar-refractivity contribution in [1.82, 2.24) is 5.32 Å². The summed E-state index contributed by atoms with van der Waals surface area (Å²) in [6.07, 6.45) is 4.74. The lowest BCUT2D eigenvalue weighted by Crippen LogP contribution is -2.29. The largest absolute Gasteiger partial charge is 0.383 e. The average molecular weight is 222 g/mol. The van der Waals surface area contributed by atoms with Crippen LogP contribution >= 0.6 is 11.8 Å². The van der Waals surface area contributed by atoms with Crippen molar-refractivity contribution < 1.29 is 0 Å². The van der Waals surface area contributed by atoms with Gasteiger partial charge in [0.1, 0.15) is 0 Å². The van der Waals surface area contributed by atoms with E-state index in [1.807, 2.05) is 0 Å². The van der Waals surface area contributed by atoms with E-state index in [9.17, 15) is 0 Å². The topological polar surface area (TPSA) is 24.1 Å². The standard InChI is InChI=1S/C12H18N2S/c1-15-12-7-3-2-6-11(12)14-9-10-5-4-8-13-10/h2-3,6-7,10,13-14H,4-5,8-9H2,1H3. The van der Waals surface area contributed by atoms with E-state index in [1.165, 1.54) is 30.0 Å². The van der Waals surface area contributed by atoms with Crippen molar-refractivity contribution >= 4 is 17.4 Å². The molecule has 1 aliphatic rings. The Morgan fingerprint density at radius 3 is 3.07 bits per heavy atom. The van der Waals surface area contributed by atoms with Gasteiger partial charge in [-0.2, -0.15) is 0 Å². The van der Waals surface area contributed by atoms with E-state index in [1.54, 1.807) is 11.8 Å². The van der Waals surface area contributed by atoms with Crippen LogP contribution in [0.4, 0.5) is 5.69 Å². The molecule has 1 aliphatic heterocycles. The summed E-state index contributed by atoms with van der Waals surface area (Å²) in [7, 11) is 0. The highest BCUT2D eigenvalue weighted by atomic mass is 32.2. The van der Waals surface area contributed by atoms with Gasteiger partial charge in [0, 0.05) is 23.2 Å². The minimum atomic E-state index is 0.653. The molecule has 1 unspecified atom stereocenters. The Balaban J connectivity index is 1.91. The molecule has 1 atom stereocenters. The predicted octanol–water partition coefficient (Wildman–Crippen LogP) is 2.57. The normalized spacial score (nSPS) is 20.5. The predicted molar refractivity (Wildman–Crippen MR) is 67.7 cm³/mol. The number of thioether (sulfide) groups is 1. The first-order valence-corrected chi connectivity index (χ1v) is 6.73. The molecule has 0 aromatic heterocycles. The maximum atomic E-state index is 3.52. The minimum absolute atomic E-state index is 0.653. The van der Waals surface area contributed by atoms with Crippen molar-refractivity contribution in [2.45, 2.75) is 23.8 Å². The number of anilines is 1. The second-order valence-electron chi connectivity index (χ2n) is 3.87. The lowest BCUT2D eigenvalue weighted by Gasteiger charge is -2.14. The molecule has 1 heterocycles. The van der Waals surface area contributed by atoms with Gasteiger partial charge in [-0.1, -0.05) is 12.1 Å². The Bertz CT molecular complexity index is 308. The first-order chi connectivity index (χ1) is 7.40. The first kappa shape index (κ1) is 10.8. The monoisotopic (exact) mass is 222 g/mol. The Labute approximate surface area is 95.8 Å². The van der Waals surface area contributed by atoms with Crippen LogP contribution in [-0.2, 0) is 0 Å². The van der Waals surface area contributed by atoms with Crippen molar-refractivity contribution in [1.29, 1.82) is 0 Å². The summed E-state index contributed by atoms with van der Waals surface area (Å²) in [6, 6.07) is 9.14. The molecule has 1 saturated heterocycles.